The van der Waals surface area contributed by atoms with Crippen LogP contribution in [0.5, 0.6) is 0 Å². The molecule has 2 amide bonds. The molecule has 148 valence electrons. The van der Waals surface area contributed by atoms with Crippen molar-refractivity contribution in [3.05, 3.63) is 65.5 Å². The maximum Gasteiger partial charge on any atom is 0.255 e. The summed E-state index contributed by atoms with van der Waals surface area (Å²) in [6, 6.07) is 11.9. The van der Waals surface area contributed by atoms with Gasteiger partial charge >= 0.3 is 0 Å². The topological polar surface area (TPSA) is 92.3 Å². The number of hydrogen-bond donors (Lipinski definition) is 2. The van der Waals surface area contributed by atoms with Crippen LogP contribution in [0.25, 0.3) is 0 Å². The van der Waals surface area contributed by atoms with Gasteiger partial charge in [-0.1, -0.05) is 12.1 Å². The van der Waals surface area contributed by atoms with Crippen LogP contribution in [0.1, 0.15) is 35.3 Å². The molecule has 1 aliphatic rings. The average molecular weight is 404 g/mol. The normalized spacial score (nSPS) is 19.0. The van der Waals surface area contributed by atoms with Crippen molar-refractivity contribution in [1.82, 2.24) is 5.32 Å². The lowest BCUT2D eigenvalue weighted by atomic mass is 10.0. The molecule has 1 fully saturated rings. The summed E-state index contributed by atoms with van der Waals surface area (Å²) in [5, 5.41) is 5.56. The van der Waals surface area contributed by atoms with E-state index < -0.39 is 21.6 Å². The fraction of sp³-hybridized carbons (Fsp3) is 0.300. The second kappa shape index (κ2) is 8.10. The van der Waals surface area contributed by atoms with Crippen LogP contribution in [0.15, 0.2) is 48.5 Å². The van der Waals surface area contributed by atoms with E-state index >= 15 is 0 Å². The van der Waals surface area contributed by atoms with Gasteiger partial charge in [-0.25, -0.2) is 12.8 Å². The van der Waals surface area contributed by atoms with Gasteiger partial charge in [0.1, 0.15) is 5.82 Å². The van der Waals surface area contributed by atoms with Gasteiger partial charge < -0.3 is 10.6 Å². The number of carbonyl (C=O) groups excluding carboxylic acids is 2. The van der Waals surface area contributed by atoms with E-state index in [-0.39, 0.29) is 29.4 Å². The summed E-state index contributed by atoms with van der Waals surface area (Å²) in [5.41, 5.74) is 1.74. The first kappa shape index (κ1) is 20.0. The zero-order valence-electron chi connectivity index (χ0n) is 15.3. The Bertz CT molecular complexity index is 972. The molecular weight excluding hydrogens is 383 g/mol. The SMILES string of the molecule is CC(NC(=O)C1CCS(=O)(=O)C1)c1ccc(NC(=O)c2ccc(F)cc2)cc1. The summed E-state index contributed by atoms with van der Waals surface area (Å²) in [5.74, 6) is -1.56. The van der Waals surface area contributed by atoms with Crippen LogP contribution in [-0.2, 0) is 14.6 Å². The lowest BCUT2D eigenvalue weighted by molar-refractivity contribution is -0.124. The summed E-state index contributed by atoms with van der Waals surface area (Å²) in [4.78, 5) is 24.4. The lowest BCUT2D eigenvalue weighted by Gasteiger charge is -2.17. The molecule has 2 atom stereocenters. The molecule has 2 aromatic rings. The highest BCUT2D eigenvalue weighted by Crippen LogP contribution is 2.21. The zero-order chi connectivity index (χ0) is 20.3. The van der Waals surface area contributed by atoms with Crippen molar-refractivity contribution in [3.8, 4) is 0 Å². The number of sulfone groups is 1. The molecule has 1 aliphatic heterocycles. The third kappa shape index (κ3) is 4.95. The molecule has 8 heteroatoms. The van der Waals surface area contributed by atoms with E-state index in [1.807, 2.05) is 6.92 Å². The van der Waals surface area contributed by atoms with E-state index in [4.69, 9.17) is 0 Å². The molecule has 1 heterocycles. The zero-order valence-corrected chi connectivity index (χ0v) is 16.1. The molecule has 0 bridgehead atoms. The second-order valence-electron chi connectivity index (χ2n) is 6.91. The molecule has 0 radical (unpaired) electrons. The number of hydrogen-bond acceptors (Lipinski definition) is 4. The number of benzene rings is 2. The highest BCUT2D eigenvalue weighted by Gasteiger charge is 2.33. The van der Waals surface area contributed by atoms with Crippen LogP contribution in [0.3, 0.4) is 0 Å². The first-order valence-corrected chi connectivity index (χ1v) is 10.7. The third-order valence-electron chi connectivity index (χ3n) is 4.74. The van der Waals surface area contributed by atoms with Crippen molar-refractivity contribution >= 4 is 27.3 Å². The summed E-state index contributed by atoms with van der Waals surface area (Å²) in [6.07, 6.45) is 0.356. The first-order chi connectivity index (χ1) is 13.2. The van der Waals surface area contributed by atoms with E-state index in [0.717, 1.165) is 5.56 Å². The molecule has 3 rings (SSSR count). The Balaban J connectivity index is 1.58. The fourth-order valence-electron chi connectivity index (χ4n) is 3.08. The predicted molar refractivity (Wildman–Crippen MR) is 104 cm³/mol. The molecule has 28 heavy (non-hydrogen) atoms. The Hall–Kier alpha value is -2.74. The summed E-state index contributed by atoms with van der Waals surface area (Å²) in [7, 11) is -3.11. The number of anilines is 1. The highest BCUT2D eigenvalue weighted by molar-refractivity contribution is 7.91. The fourth-order valence-corrected chi connectivity index (χ4v) is 4.82. The van der Waals surface area contributed by atoms with Gasteiger partial charge in [-0.05, 0) is 55.3 Å². The second-order valence-corrected chi connectivity index (χ2v) is 9.14. The molecule has 2 N–H and O–H groups in total. The van der Waals surface area contributed by atoms with Gasteiger partial charge in [0.05, 0.1) is 23.5 Å². The lowest BCUT2D eigenvalue weighted by Crippen LogP contribution is -2.33. The maximum atomic E-state index is 12.9. The van der Waals surface area contributed by atoms with Crippen LogP contribution in [0.2, 0.25) is 0 Å². The van der Waals surface area contributed by atoms with Crippen LogP contribution in [0.4, 0.5) is 10.1 Å². The molecule has 0 aromatic heterocycles. The summed E-state index contributed by atoms with van der Waals surface area (Å²) in [6.45, 7) is 1.81. The van der Waals surface area contributed by atoms with E-state index in [1.165, 1.54) is 24.3 Å². The van der Waals surface area contributed by atoms with Gasteiger partial charge in [-0.2, -0.15) is 0 Å². The minimum absolute atomic E-state index is 0.0575. The van der Waals surface area contributed by atoms with Crippen molar-refractivity contribution in [1.29, 1.82) is 0 Å². The monoisotopic (exact) mass is 404 g/mol. The van der Waals surface area contributed by atoms with Crippen molar-refractivity contribution < 1.29 is 22.4 Å². The van der Waals surface area contributed by atoms with Crippen molar-refractivity contribution in [3.63, 3.8) is 0 Å². The quantitative estimate of drug-likeness (QED) is 0.801. The number of carbonyl (C=O) groups is 2. The molecule has 6 nitrogen and oxygen atoms in total. The summed E-state index contributed by atoms with van der Waals surface area (Å²) >= 11 is 0. The van der Waals surface area contributed by atoms with Crippen LogP contribution < -0.4 is 10.6 Å². The average Bonchev–Trinajstić information content (AvgIpc) is 3.02. The van der Waals surface area contributed by atoms with Crippen molar-refractivity contribution in [2.75, 3.05) is 16.8 Å². The van der Waals surface area contributed by atoms with Crippen LogP contribution >= 0.6 is 0 Å². The molecule has 1 saturated heterocycles. The highest BCUT2D eigenvalue weighted by atomic mass is 32.2. The Morgan fingerprint density at radius 3 is 2.29 bits per heavy atom. The summed E-state index contributed by atoms with van der Waals surface area (Å²) < 4.78 is 36.0. The predicted octanol–water partition coefficient (Wildman–Crippen LogP) is 2.69. The third-order valence-corrected chi connectivity index (χ3v) is 6.50. The minimum atomic E-state index is -3.11. The minimum Gasteiger partial charge on any atom is -0.349 e. The van der Waals surface area contributed by atoms with Gasteiger partial charge in [0.2, 0.25) is 5.91 Å². The van der Waals surface area contributed by atoms with E-state index in [1.54, 1.807) is 24.3 Å². The molecule has 0 saturated carbocycles. The van der Waals surface area contributed by atoms with Crippen molar-refractivity contribution in [2.45, 2.75) is 19.4 Å². The molecular formula is C20H21FN2O4S. The first-order valence-electron chi connectivity index (χ1n) is 8.91. The Kier molecular flexibility index (Phi) is 5.79. The Morgan fingerprint density at radius 2 is 1.71 bits per heavy atom. The maximum absolute atomic E-state index is 12.9. The van der Waals surface area contributed by atoms with Gasteiger partial charge in [-0.15, -0.1) is 0 Å². The number of rotatable bonds is 5. The Morgan fingerprint density at radius 1 is 1.07 bits per heavy atom. The van der Waals surface area contributed by atoms with Gasteiger partial charge in [0, 0.05) is 11.3 Å². The van der Waals surface area contributed by atoms with Crippen LogP contribution in [-0.4, -0.2) is 31.7 Å². The molecule has 0 spiro atoms. The largest absolute Gasteiger partial charge is 0.349 e. The number of nitrogens with one attached hydrogen (secondary N) is 2. The Labute approximate surface area is 163 Å². The van der Waals surface area contributed by atoms with E-state index in [2.05, 4.69) is 10.6 Å². The van der Waals surface area contributed by atoms with Gasteiger partial charge in [-0.3, -0.25) is 9.59 Å². The number of halogens is 1. The molecule has 2 unspecified atom stereocenters. The van der Waals surface area contributed by atoms with Crippen LogP contribution in [0, 0.1) is 11.7 Å². The number of amides is 2. The van der Waals surface area contributed by atoms with Gasteiger partial charge in [0.15, 0.2) is 9.84 Å². The molecule has 0 aliphatic carbocycles. The molecule has 2 aromatic carbocycles. The standard InChI is InChI=1S/C20H21FN2O4S/c1-13(22-20(25)16-10-11-28(26,27)12-16)14-4-8-18(9-5-14)23-19(24)15-2-6-17(21)7-3-15/h2-9,13,16H,10-12H2,1H3,(H,22,25)(H,23,24). The van der Waals surface area contributed by atoms with E-state index in [0.29, 0.717) is 17.7 Å². The smallest absolute Gasteiger partial charge is 0.255 e. The van der Waals surface area contributed by atoms with Gasteiger partial charge in [0.25, 0.3) is 5.91 Å². The van der Waals surface area contributed by atoms with E-state index in [9.17, 15) is 22.4 Å². The van der Waals surface area contributed by atoms with Crippen molar-refractivity contribution in [2.24, 2.45) is 5.92 Å².